The highest BCUT2D eigenvalue weighted by Crippen LogP contribution is 2.46. The fraction of sp³-hybridized carbons (Fsp3) is 0.568. The highest BCUT2D eigenvalue weighted by atomic mass is 32.2. The highest BCUT2D eigenvalue weighted by Gasteiger charge is 2.62. The number of hydrogen-bond acceptors (Lipinski definition) is 10. The van der Waals surface area contributed by atoms with Crippen LogP contribution in [-0.2, 0) is 35.6 Å². The number of aromatic nitrogens is 1. The van der Waals surface area contributed by atoms with Crippen LogP contribution in [0.2, 0.25) is 0 Å². The highest BCUT2D eigenvalue weighted by molar-refractivity contribution is 7.91. The summed E-state index contributed by atoms with van der Waals surface area (Å²) in [5.41, 5.74) is 0.767. The molecule has 2 aromatic carbocycles. The van der Waals surface area contributed by atoms with Crippen LogP contribution in [0.15, 0.2) is 43.0 Å². The third-order valence-electron chi connectivity index (χ3n) is 13.0. The van der Waals surface area contributed by atoms with Gasteiger partial charge in [0.2, 0.25) is 27.7 Å². The van der Waals surface area contributed by atoms with E-state index in [1.165, 1.54) is 11.0 Å². The molecule has 4 amide bonds. The number of cyclic esters (lactones) is 1. The van der Waals surface area contributed by atoms with Crippen LogP contribution in [0.3, 0.4) is 0 Å². The lowest BCUT2D eigenvalue weighted by Crippen LogP contribution is -2.59. The summed E-state index contributed by atoms with van der Waals surface area (Å²) in [5.74, 6) is -1.53. The predicted octanol–water partition coefficient (Wildman–Crippen LogP) is 5.37. The number of benzene rings is 2. The molecular formula is C44H55N5O9S. The zero-order valence-electron chi connectivity index (χ0n) is 34.3. The number of rotatable bonds is 8. The number of alkyl carbamates (subject to hydrolysis) is 1. The second kappa shape index (κ2) is 15.6. The van der Waals surface area contributed by atoms with Gasteiger partial charge in [0.1, 0.15) is 29.5 Å². The van der Waals surface area contributed by atoms with Gasteiger partial charge in [-0.05, 0) is 98.9 Å². The maximum Gasteiger partial charge on any atom is 0.407 e. The van der Waals surface area contributed by atoms with E-state index in [2.05, 4.69) is 28.0 Å². The van der Waals surface area contributed by atoms with Gasteiger partial charge in [0.25, 0.3) is 5.91 Å². The van der Waals surface area contributed by atoms with Crippen molar-refractivity contribution in [3.8, 4) is 11.6 Å². The van der Waals surface area contributed by atoms with Crippen molar-refractivity contribution in [2.75, 3.05) is 20.3 Å². The second-order valence-electron chi connectivity index (χ2n) is 18.1. The van der Waals surface area contributed by atoms with Crippen molar-refractivity contribution >= 4 is 55.5 Å². The number of nitrogens with one attached hydrogen (secondary N) is 3. The van der Waals surface area contributed by atoms with Crippen molar-refractivity contribution in [3.63, 3.8) is 0 Å². The Morgan fingerprint density at radius 3 is 2.51 bits per heavy atom. The molecule has 3 N–H and O–H groups in total. The van der Waals surface area contributed by atoms with E-state index >= 15 is 0 Å². The Bertz CT molecular complexity index is 2320. The third kappa shape index (κ3) is 8.18. The smallest absolute Gasteiger partial charge is 0.407 e. The van der Waals surface area contributed by atoms with Gasteiger partial charge in [0.05, 0.1) is 31.0 Å². The van der Waals surface area contributed by atoms with E-state index in [1.54, 1.807) is 7.11 Å². The van der Waals surface area contributed by atoms with Gasteiger partial charge in [-0.25, -0.2) is 18.2 Å². The second-order valence-corrected chi connectivity index (χ2v) is 20.0. The number of fused-ring (bicyclic) bond motifs is 5. The van der Waals surface area contributed by atoms with Gasteiger partial charge in [-0.1, -0.05) is 44.9 Å². The number of nitrogens with zero attached hydrogens (tertiary/aromatic N) is 2. The SMILES string of the molecule is C=C[C@@H]1C[C@]1(NC(=O)[C@@H]1C[C@@H]2CN1C(=O)[C@H](C1CCCC1)NC(=O)OCC(C)(C)CCCc1cc3c(nc4cc(C)ccc4c3cc1OC)O2)C(=O)NS(=O)(=O)C1CC1. The summed E-state index contributed by atoms with van der Waals surface area (Å²) in [7, 11) is -2.26. The quantitative estimate of drug-likeness (QED) is 0.197. The summed E-state index contributed by atoms with van der Waals surface area (Å²) < 4.78 is 46.4. The van der Waals surface area contributed by atoms with E-state index in [-0.39, 0.29) is 37.3 Å². The molecule has 3 saturated carbocycles. The summed E-state index contributed by atoms with van der Waals surface area (Å²) >= 11 is 0. The first kappa shape index (κ1) is 40.8. The van der Waals surface area contributed by atoms with Gasteiger partial charge in [-0.15, -0.1) is 6.58 Å². The Balaban J connectivity index is 1.19. The zero-order chi connectivity index (χ0) is 41.9. The van der Waals surface area contributed by atoms with Crippen molar-refractivity contribution in [3.05, 3.63) is 54.1 Å². The molecule has 0 spiro atoms. The molecule has 3 aromatic rings. The van der Waals surface area contributed by atoms with Crippen molar-refractivity contribution in [1.82, 2.24) is 25.2 Å². The summed E-state index contributed by atoms with van der Waals surface area (Å²) in [6.07, 6.45) is 6.65. The number of carbonyl (C=O) groups excluding carboxylic acids is 4. The molecule has 4 bridgehead atoms. The molecule has 2 aliphatic heterocycles. The number of sulfonamides is 1. The standard InChI is InChI=1S/C44H55N5O9S/c1-6-28-22-44(28,41(52)48-59(54,55)30-14-15-30)47-38(50)35-20-29-23-49(35)40(51)37(26-10-7-8-11-26)46-42(53)57-24-43(3,4)17-9-12-27-19-33-32(21-36(27)56-5)31-16-13-25(2)18-34(31)45-39(33)58-29/h6,13,16,18-19,21,26,28-30,35,37H,1,7-12,14-15,17,20,22-24H2,2-5H3,(H,46,53)(H,47,50)(H,48,52)/t28-,29-,35+,37+,44-/m1/s1. The lowest BCUT2D eigenvalue weighted by atomic mass is 9.87. The van der Waals surface area contributed by atoms with Gasteiger partial charge in [-0.2, -0.15) is 0 Å². The summed E-state index contributed by atoms with van der Waals surface area (Å²) in [5, 5.41) is 7.69. The molecule has 15 heteroatoms. The Labute approximate surface area is 345 Å². The lowest BCUT2D eigenvalue weighted by Gasteiger charge is -2.32. The normalized spacial score (nSPS) is 27.6. The number of pyridine rings is 1. The van der Waals surface area contributed by atoms with Crippen LogP contribution in [0.25, 0.3) is 21.7 Å². The lowest BCUT2D eigenvalue weighted by molar-refractivity contribution is -0.142. The first-order valence-corrected chi connectivity index (χ1v) is 22.5. The number of hydrogen-bond donors (Lipinski definition) is 3. The first-order chi connectivity index (χ1) is 28.1. The minimum absolute atomic E-state index is 0.0118. The van der Waals surface area contributed by atoms with E-state index in [9.17, 15) is 27.6 Å². The summed E-state index contributed by atoms with van der Waals surface area (Å²) in [6.45, 7) is 10.0. The molecule has 1 aromatic heterocycles. The molecule has 1 saturated heterocycles. The number of amides is 4. The molecular weight excluding hydrogens is 775 g/mol. The molecule has 59 heavy (non-hydrogen) atoms. The Morgan fingerprint density at radius 2 is 1.81 bits per heavy atom. The van der Waals surface area contributed by atoms with Crippen molar-refractivity contribution in [1.29, 1.82) is 0 Å². The zero-order valence-corrected chi connectivity index (χ0v) is 35.1. The van der Waals surface area contributed by atoms with Crippen LogP contribution >= 0.6 is 0 Å². The van der Waals surface area contributed by atoms with Crippen molar-refractivity contribution in [2.24, 2.45) is 17.3 Å². The minimum atomic E-state index is -3.91. The average molecular weight is 830 g/mol. The van der Waals surface area contributed by atoms with Crippen LogP contribution in [-0.4, -0.2) is 91.4 Å². The van der Waals surface area contributed by atoms with Gasteiger partial charge >= 0.3 is 6.09 Å². The van der Waals surface area contributed by atoms with Gasteiger partial charge in [0, 0.05) is 28.5 Å². The van der Waals surface area contributed by atoms with Crippen molar-refractivity contribution < 1.29 is 41.8 Å². The van der Waals surface area contributed by atoms with E-state index < -0.39 is 68.7 Å². The molecule has 5 atom stereocenters. The average Bonchev–Trinajstić information content (AvgIpc) is 4.07. The molecule has 8 rings (SSSR count). The van der Waals surface area contributed by atoms with Crippen molar-refractivity contribution in [2.45, 2.75) is 120 Å². The van der Waals surface area contributed by atoms with Gasteiger partial charge < -0.3 is 29.7 Å². The minimum Gasteiger partial charge on any atom is -0.496 e. The van der Waals surface area contributed by atoms with E-state index in [1.807, 2.05) is 45.0 Å². The molecule has 5 aliphatic rings. The third-order valence-corrected chi connectivity index (χ3v) is 14.8. The number of ether oxygens (including phenoxy) is 3. The number of aryl methyl sites for hydroxylation is 2. The Morgan fingerprint density at radius 1 is 1.05 bits per heavy atom. The molecule has 3 aliphatic carbocycles. The summed E-state index contributed by atoms with van der Waals surface area (Å²) in [4.78, 5) is 63.2. The maximum absolute atomic E-state index is 14.9. The first-order valence-electron chi connectivity index (χ1n) is 20.9. The largest absolute Gasteiger partial charge is 0.496 e. The van der Waals surface area contributed by atoms with Gasteiger partial charge in [0.15, 0.2) is 0 Å². The molecule has 0 unspecified atom stereocenters. The van der Waals surface area contributed by atoms with Crippen LogP contribution in [0.1, 0.15) is 89.2 Å². The number of methoxy groups -OCH3 is 1. The van der Waals surface area contributed by atoms with Gasteiger partial charge in [-0.3, -0.25) is 19.1 Å². The fourth-order valence-electron chi connectivity index (χ4n) is 9.29. The molecule has 0 radical (unpaired) electrons. The van der Waals surface area contributed by atoms with E-state index in [0.717, 1.165) is 58.7 Å². The monoisotopic (exact) mass is 829 g/mol. The maximum atomic E-state index is 14.9. The molecule has 4 fully saturated rings. The van der Waals surface area contributed by atoms with Crippen LogP contribution in [0, 0.1) is 24.2 Å². The topological polar surface area (TPSA) is 182 Å². The van der Waals surface area contributed by atoms with Crippen LogP contribution in [0.4, 0.5) is 4.79 Å². The Hall–Kier alpha value is -4.92. The van der Waals surface area contributed by atoms with Crippen LogP contribution < -0.4 is 24.8 Å². The van der Waals surface area contributed by atoms with Crippen LogP contribution in [0.5, 0.6) is 11.6 Å². The summed E-state index contributed by atoms with van der Waals surface area (Å²) in [6, 6.07) is 8.02. The molecule has 14 nitrogen and oxygen atoms in total. The van der Waals surface area contributed by atoms with E-state index in [0.29, 0.717) is 43.5 Å². The molecule has 3 heterocycles. The number of carbonyl (C=O) groups is 4. The predicted molar refractivity (Wildman–Crippen MR) is 221 cm³/mol. The van der Waals surface area contributed by atoms with E-state index in [4.69, 9.17) is 19.2 Å². The Kier molecular flexibility index (Phi) is 10.8. The molecule has 316 valence electrons. The fourth-order valence-corrected chi connectivity index (χ4v) is 10.7.